The fraction of sp³-hybridized carbons (Fsp3) is 0.500. The van der Waals surface area contributed by atoms with E-state index in [1.54, 1.807) is 7.05 Å². The molecule has 1 aromatic rings. The SMILES string of the molecule is C[C@@H](Oc1ccc(C=O)cc1[N+](=O)[O-])C(=O)N(C)C1(C#N)CCCCC1. The maximum Gasteiger partial charge on any atom is 0.311 e. The van der Waals surface area contributed by atoms with Crippen LogP contribution in [0.15, 0.2) is 18.2 Å². The Morgan fingerprint density at radius 3 is 2.62 bits per heavy atom. The highest BCUT2D eigenvalue weighted by Gasteiger charge is 2.40. The molecule has 1 atom stereocenters. The van der Waals surface area contributed by atoms with E-state index >= 15 is 0 Å². The highest BCUT2D eigenvalue weighted by atomic mass is 16.6. The van der Waals surface area contributed by atoms with E-state index in [4.69, 9.17) is 4.74 Å². The minimum atomic E-state index is -1.01. The fourth-order valence-electron chi connectivity index (χ4n) is 3.23. The van der Waals surface area contributed by atoms with Gasteiger partial charge in [0.1, 0.15) is 11.8 Å². The largest absolute Gasteiger partial charge is 0.474 e. The number of amides is 1. The zero-order chi connectivity index (χ0) is 19.3. The van der Waals surface area contributed by atoms with Crippen molar-refractivity contribution in [2.45, 2.75) is 50.7 Å². The molecule has 0 radical (unpaired) electrons. The Bertz CT molecular complexity index is 750. The van der Waals surface area contributed by atoms with Crippen LogP contribution in [-0.4, -0.2) is 40.7 Å². The second-order valence-corrected chi connectivity index (χ2v) is 6.46. The van der Waals surface area contributed by atoms with Gasteiger partial charge >= 0.3 is 5.69 Å². The molecule has 26 heavy (non-hydrogen) atoms. The predicted octanol–water partition coefficient (Wildman–Crippen LogP) is 2.86. The summed E-state index contributed by atoms with van der Waals surface area (Å²) < 4.78 is 5.51. The molecule has 138 valence electrons. The molecule has 1 aliphatic rings. The van der Waals surface area contributed by atoms with E-state index in [9.17, 15) is 25.0 Å². The minimum Gasteiger partial charge on any atom is -0.474 e. The van der Waals surface area contributed by atoms with Crippen molar-refractivity contribution in [3.8, 4) is 11.8 Å². The van der Waals surface area contributed by atoms with Crippen molar-refractivity contribution >= 4 is 17.9 Å². The Kier molecular flexibility index (Phi) is 5.93. The zero-order valence-electron chi connectivity index (χ0n) is 14.8. The maximum absolute atomic E-state index is 12.7. The molecule has 2 rings (SSSR count). The first-order chi connectivity index (χ1) is 12.3. The molecule has 0 aliphatic heterocycles. The summed E-state index contributed by atoms with van der Waals surface area (Å²) in [5.74, 6) is -0.508. The topological polar surface area (TPSA) is 114 Å². The summed E-state index contributed by atoms with van der Waals surface area (Å²) in [7, 11) is 1.57. The number of carbonyl (C=O) groups excluding carboxylic acids is 2. The summed E-state index contributed by atoms with van der Waals surface area (Å²) >= 11 is 0. The lowest BCUT2D eigenvalue weighted by molar-refractivity contribution is -0.386. The van der Waals surface area contributed by atoms with Crippen LogP contribution in [0.4, 0.5) is 5.69 Å². The summed E-state index contributed by atoms with van der Waals surface area (Å²) in [6.45, 7) is 1.49. The molecule has 0 heterocycles. The number of ether oxygens (including phenoxy) is 1. The average Bonchev–Trinajstić information content (AvgIpc) is 2.67. The molecule has 0 spiro atoms. The first kappa shape index (κ1) is 19.4. The van der Waals surface area contributed by atoms with Crippen molar-refractivity contribution in [2.24, 2.45) is 0 Å². The Balaban J connectivity index is 2.20. The summed E-state index contributed by atoms with van der Waals surface area (Å²) in [5.41, 5.74) is -1.10. The summed E-state index contributed by atoms with van der Waals surface area (Å²) in [6.07, 6.45) is 3.48. The first-order valence-electron chi connectivity index (χ1n) is 8.44. The second kappa shape index (κ2) is 7.95. The van der Waals surface area contributed by atoms with Crippen molar-refractivity contribution in [1.29, 1.82) is 5.26 Å². The predicted molar refractivity (Wildman–Crippen MR) is 92.8 cm³/mol. The number of nitriles is 1. The van der Waals surface area contributed by atoms with Crippen LogP contribution in [0.5, 0.6) is 5.75 Å². The quantitative estimate of drug-likeness (QED) is 0.438. The lowest BCUT2D eigenvalue weighted by atomic mass is 9.81. The van der Waals surface area contributed by atoms with Crippen molar-refractivity contribution < 1.29 is 19.2 Å². The molecule has 0 unspecified atom stereocenters. The van der Waals surface area contributed by atoms with E-state index in [1.807, 2.05) is 0 Å². The number of nitro benzene ring substituents is 1. The van der Waals surface area contributed by atoms with Crippen LogP contribution in [0.2, 0.25) is 0 Å². The molecule has 1 amide bonds. The fourth-order valence-corrected chi connectivity index (χ4v) is 3.23. The van der Waals surface area contributed by atoms with Crippen LogP contribution >= 0.6 is 0 Å². The van der Waals surface area contributed by atoms with Gasteiger partial charge in [-0.15, -0.1) is 0 Å². The van der Waals surface area contributed by atoms with Crippen LogP contribution in [0.3, 0.4) is 0 Å². The van der Waals surface area contributed by atoms with Gasteiger partial charge in [0.05, 0.1) is 11.0 Å². The molecule has 8 heteroatoms. The Morgan fingerprint density at radius 1 is 1.42 bits per heavy atom. The third kappa shape index (κ3) is 3.82. The molecule has 0 N–H and O–H groups in total. The van der Waals surface area contributed by atoms with Crippen LogP contribution in [0, 0.1) is 21.4 Å². The lowest BCUT2D eigenvalue weighted by Crippen LogP contribution is -2.53. The molecule has 1 fully saturated rings. The van der Waals surface area contributed by atoms with Gasteiger partial charge in [0.15, 0.2) is 11.9 Å². The van der Waals surface area contributed by atoms with E-state index in [1.165, 1.54) is 24.0 Å². The number of hydrogen-bond acceptors (Lipinski definition) is 6. The third-order valence-corrected chi connectivity index (χ3v) is 4.83. The van der Waals surface area contributed by atoms with Gasteiger partial charge in [-0.05, 0) is 31.9 Å². The van der Waals surface area contributed by atoms with Crippen LogP contribution < -0.4 is 4.74 Å². The van der Waals surface area contributed by atoms with Gasteiger partial charge < -0.3 is 9.64 Å². The first-order valence-corrected chi connectivity index (χ1v) is 8.44. The van der Waals surface area contributed by atoms with Crippen LogP contribution in [0.25, 0.3) is 0 Å². The third-order valence-electron chi connectivity index (χ3n) is 4.83. The van der Waals surface area contributed by atoms with E-state index in [-0.39, 0.29) is 17.0 Å². The van der Waals surface area contributed by atoms with Crippen molar-refractivity contribution in [3.63, 3.8) is 0 Å². The second-order valence-electron chi connectivity index (χ2n) is 6.46. The molecule has 1 aromatic carbocycles. The number of hydrogen-bond donors (Lipinski definition) is 0. The number of benzene rings is 1. The molecular weight excluding hydrogens is 338 g/mol. The lowest BCUT2D eigenvalue weighted by Gasteiger charge is -2.39. The van der Waals surface area contributed by atoms with E-state index in [2.05, 4.69) is 6.07 Å². The van der Waals surface area contributed by atoms with Gasteiger partial charge in [-0.3, -0.25) is 19.7 Å². The maximum atomic E-state index is 12.7. The Labute approximate surface area is 151 Å². The molecule has 8 nitrogen and oxygen atoms in total. The van der Waals surface area contributed by atoms with Gasteiger partial charge in [-0.1, -0.05) is 19.3 Å². The number of nitro groups is 1. The summed E-state index contributed by atoms with van der Waals surface area (Å²) in [6, 6.07) is 6.04. The van der Waals surface area contributed by atoms with Gasteiger partial charge in [0.25, 0.3) is 5.91 Å². The van der Waals surface area contributed by atoms with Crippen molar-refractivity contribution in [1.82, 2.24) is 4.90 Å². The monoisotopic (exact) mass is 359 g/mol. The number of rotatable bonds is 6. The van der Waals surface area contributed by atoms with Crippen molar-refractivity contribution in [3.05, 3.63) is 33.9 Å². The highest BCUT2D eigenvalue weighted by Crippen LogP contribution is 2.34. The van der Waals surface area contributed by atoms with Crippen LogP contribution in [-0.2, 0) is 4.79 Å². The standard InChI is InChI=1S/C18H21N3O5/c1-13(17(23)20(2)18(12-19)8-4-3-5-9-18)26-16-7-6-14(11-22)10-15(16)21(24)25/h6-7,10-11,13H,3-5,8-9H2,1-2H3/t13-/m1/s1. The van der Waals surface area contributed by atoms with E-state index < -0.39 is 22.5 Å². The summed E-state index contributed by atoms with van der Waals surface area (Å²) in [4.78, 5) is 35.5. The number of likely N-dealkylation sites (N-methyl/N-ethyl adjacent to an activating group) is 1. The molecule has 0 bridgehead atoms. The van der Waals surface area contributed by atoms with Gasteiger partial charge in [0, 0.05) is 18.7 Å². The Morgan fingerprint density at radius 2 is 2.08 bits per heavy atom. The van der Waals surface area contributed by atoms with E-state index in [0.717, 1.165) is 25.3 Å². The normalized spacial score (nSPS) is 16.8. The number of nitrogens with zero attached hydrogens (tertiary/aromatic N) is 3. The Hall–Kier alpha value is -2.95. The minimum absolute atomic E-state index is 0.0931. The highest BCUT2D eigenvalue weighted by molar-refractivity contribution is 5.82. The van der Waals surface area contributed by atoms with Gasteiger partial charge in [0.2, 0.25) is 0 Å². The number of aldehydes is 1. The van der Waals surface area contributed by atoms with Crippen molar-refractivity contribution in [2.75, 3.05) is 7.05 Å². The molecule has 0 saturated heterocycles. The summed E-state index contributed by atoms with van der Waals surface area (Å²) in [5, 5.41) is 20.8. The molecule has 1 saturated carbocycles. The number of carbonyl (C=O) groups is 2. The molecular formula is C18H21N3O5. The van der Waals surface area contributed by atoms with E-state index in [0.29, 0.717) is 19.1 Å². The molecule has 1 aliphatic carbocycles. The smallest absolute Gasteiger partial charge is 0.311 e. The van der Waals surface area contributed by atoms with Gasteiger partial charge in [-0.2, -0.15) is 5.26 Å². The van der Waals surface area contributed by atoms with Crippen LogP contribution in [0.1, 0.15) is 49.4 Å². The molecule has 0 aromatic heterocycles. The average molecular weight is 359 g/mol. The van der Waals surface area contributed by atoms with Gasteiger partial charge in [-0.25, -0.2) is 0 Å². The zero-order valence-corrected chi connectivity index (χ0v) is 14.8.